The third-order valence-electron chi connectivity index (χ3n) is 7.46. The van der Waals surface area contributed by atoms with Crippen molar-refractivity contribution in [1.29, 1.82) is 5.41 Å². The third kappa shape index (κ3) is 4.73. The molecule has 2 saturated heterocycles. The average Bonchev–Trinajstić information content (AvgIpc) is 3.67. The number of benzene rings is 2. The molecular weight excluding hydrogens is 470 g/mol. The van der Waals surface area contributed by atoms with Crippen LogP contribution in [0, 0.1) is 16.7 Å². The summed E-state index contributed by atoms with van der Waals surface area (Å²) in [6.07, 6.45) is 3.96. The maximum absolute atomic E-state index is 13.8. The minimum Gasteiger partial charge on any atom is -0.494 e. The minimum absolute atomic E-state index is 0.113. The molecule has 1 saturated carbocycles. The summed E-state index contributed by atoms with van der Waals surface area (Å²) in [4.78, 5) is 46.4. The van der Waals surface area contributed by atoms with E-state index in [0.29, 0.717) is 43.2 Å². The molecule has 3 amide bonds. The van der Waals surface area contributed by atoms with Crippen LogP contribution < -0.4 is 20.3 Å². The number of carbonyl (C=O) groups excluding carboxylic acids is 3. The van der Waals surface area contributed by atoms with Crippen LogP contribution in [0.25, 0.3) is 0 Å². The Morgan fingerprint density at radius 2 is 1.70 bits per heavy atom. The van der Waals surface area contributed by atoms with Crippen LogP contribution in [-0.4, -0.2) is 48.8 Å². The molecule has 192 valence electrons. The Bertz CT molecular complexity index is 1260. The predicted octanol–water partition coefficient (Wildman–Crippen LogP) is 3.62. The van der Waals surface area contributed by atoms with Crippen LogP contribution in [-0.2, 0) is 14.4 Å². The fourth-order valence-corrected chi connectivity index (χ4v) is 5.36. The Kier molecular flexibility index (Phi) is 6.54. The highest BCUT2D eigenvalue weighted by Crippen LogP contribution is 2.56. The van der Waals surface area contributed by atoms with Gasteiger partial charge in [-0.2, -0.15) is 0 Å². The molecule has 0 aromatic heterocycles. The lowest BCUT2D eigenvalue weighted by molar-refractivity contribution is -0.119. The number of primary amides is 1. The highest BCUT2D eigenvalue weighted by atomic mass is 16.5. The molecule has 1 aliphatic carbocycles. The number of aliphatic imine (C=N–C) groups is 1. The van der Waals surface area contributed by atoms with Crippen LogP contribution in [0.4, 0.5) is 17.1 Å². The summed E-state index contributed by atoms with van der Waals surface area (Å²) in [6.45, 7) is 3.50. The normalized spacial score (nSPS) is 21.9. The molecule has 2 heterocycles. The van der Waals surface area contributed by atoms with Crippen LogP contribution in [0.1, 0.15) is 39.0 Å². The zero-order chi connectivity index (χ0) is 26.2. The zero-order valence-corrected chi connectivity index (χ0v) is 20.9. The fourth-order valence-electron chi connectivity index (χ4n) is 5.36. The van der Waals surface area contributed by atoms with E-state index in [9.17, 15) is 14.4 Å². The Labute approximate surface area is 215 Å². The SMILES string of the molecule is CCOc1ccc(N=C2C(=O)N(c3ccc(N4CCCCC4=O)cc3)CC3(CC3)C2C(=N)C(N)=O)cc1. The standard InChI is InChI=1S/C28H31N5O4/c1-2-37-21-12-6-18(7-13-21)31-25-23(24(29)26(30)35)28(14-15-28)17-33(27(25)36)20-10-8-19(9-11-20)32-16-4-3-5-22(32)34/h6-13,23,29H,2-5,14-17H2,1H3,(H2,30,35). The van der Waals surface area contributed by atoms with E-state index in [4.69, 9.17) is 15.9 Å². The van der Waals surface area contributed by atoms with Gasteiger partial charge in [-0.25, -0.2) is 4.99 Å². The Morgan fingerprint density at radius 1 is 1.05 bits per heavy atom. The van der Waals surface area contributed by atoms with Crippen LogP contribution in [0.15, 0.2) is 53.5 Å². The number of nitrogens with two attached hydrogens (primary N) is 1. The molecule has 1 spiro atoms. The van der Waals surface area contributed by atoms with Gasteiger partial charge in [-0.3, -0.25) is 19.8 Å². The number of hydrogen-bond donors (Lipinski definition) is 2. The smallest absolute Gasteiger partial charge is 0.273 e. The van der Waals surface area contributed by atoms with Crippen molar-refractivity contribution in [3.8, 4) is 5.75 Å². The largest absolute Gasteiger partial charge is 0.494 e. The lowest BCUT2D eigenvalue weighted by Gasteiger charge is -2.39. The van der Waals surface area contributed by atoms with Crippen molar-refractivity contribution in [3.63, 3.8) is 0 Å². The Balaban J connectivity index is 1.49. The summed E-state index contributed by atoms with van der Waals surface area (Å²) >= 11 is 0. The van der Waals surface area contributed by atoms with Gasteiger partial charge in [0, 0.05) is 36.3 Å². The first-order valence-electron chi connectivity index (χ1n) is 12.7. The number of amides is 3. The van der Waals surface area contributed by atoms with Crippen molar-refractivity contribution in [1.82, 2.24) is 0 Å². The van der Waals surface area contributed by atoms with Gasteiger partial charge in [-0.1, -0.05) is 0 Å². The maximum atomic E-state index is 13.8. The van der Waals surface area contributed by atoms with Crippen LogP contribution in [0.2, 0.25) is 0 Å². The molecule has 3 aliphatic rings. The van der Waals surface area contributed by atoms with Gasteiger partial charge in [-0.15, -0.1) is 0 Å². The van der Waals surface area contributed by atoms with Crippen LogP contribution in [0.5, 0.6) is 5.75 Å². The molecule has 3 N–H and O–H groups in total. The molecule has 9 nitrogen and oxygen atoms in total. The summed E-state index contributed by atoms with van der Waals surface area (Å²) in [5.74, 6) is -1.15. The number of anilines is 2. The van der Waals surface area contributed by atoms with E-state index >= 15 is 0 Å². The van der Waals surface area contributed by atoms with Crippen molar-refractivity contribution >= 4 is 46.2 Å². The van der Waals surface area contributed by atoms with E-state index in [-0.39, 0.29) is 23.2 Å². The first-order valence-corrected chi connectivity index (χ1v) is 12.7. The van der Waals surface area contributed by atoms with Crippen LogP contribution >= 0.6 is 0 Å². The highest BCUT2D eigenvalue weighted by molar-refractivity contribution is 6.54. The van der Waals surface area contributed by atoms with Gasteiger partial charge in [0.05, 0.1) is 18.2 Å². The Morgan fingerprint density at radius 3 is 2.27 bits per heavy atom. The molecular formula is C28H31N5O4. The van der Waals surface area contributed by atoms with Crippen molar-refractivity contribution in [2.75, 3.05) is 29.5 Å². The van der Waals surface area contributed by atoms with Gasteiger partial charge in [0.2, 0.25) is 5.91 Å². The summed E-state index contributed by atoms with van der Waals surface area (Å²) in [5.41, 5.74) is 6.97. The summed E-state index contributed by atoms with van der Waals surface area (Å²) in [6, 6.07) is 14.5. The minimum atomic E-state index is -0.840. The summed E-state index contributed by atoms with van der Waals surface area (Å²) in [5, 5.41) is 8.46. The van der Waals surface area contributed by atoms with Gasteiger partial charge in [-0.05, 0) is 81.1 Å². The summed E-state index contributed by atoms with van der Waals surface area (Å²) in [7, 11) is 0. The van der Waals surface area contributed by atoms with E-state index in [1.54, 1.807) is 34.1 Å². The molecule has 37 heavy (non-hydrogen) atoms. The van der Waals surface area contributed by atoms with E-state index in [1.807, 2.05) is 31.2 Å². The van der Waals surface area contributed by atoms with Gasteiger partial charge in [0.15, 0.2) is 0 Å². The quantitative estimate of drug-likeness (QED) is 0.561. The molecule has 2 aromatic rings. The third-order valence-corrected chi connectivity index (χ3v) is 7.46. The number of piperidine rings is 2. The average molecular weight is 502 g/mol. The number of ether oxygens (including phenoxy) is 1. The number of nitrogens with one attached hydrogen (secondary N) is 1. The van der Waals surface area contributed by atoms with Gasteiger partial charge >= 0.3 is 0 Å². The second-order valence-electron chi connectivity index (χ2n) is 9.91. The number of carbonyl (C=O) groups is 3. The van der Waals surface area contributed by atoms with E-state index in [2.05, 4.69) is 4.99 Å². The lowest BCUT2D eigenvalue weighted by Crippen LogP contribution is -2.56. The second-order valence-corrected chi connectivity index (χ2v) is 9.91. The van der Waals surface area contributed by atoms with Crippen molar-refractivity contribution in [2.24, 2.45) is 22.1 Å². The van der Waals surface area contributed by atoms with E-state index < -0.39 is 17.2 Å². The van der Waals surface area contributed by atoms with E-state index in [1.165, 1.54) is 0 Å². The maximum Gasteiger partial charge on any atom is 0.273 e. The number of hydrogen-bond acceptors (Lipinski definition) is 6. The molecule has 9 heteroatoms. The first-order chi connectivity index (χ1) is 17.8. The Hall–Kier alpha value is -4.01. The zero-order valence-electron chi connectivity index (χ0n) is 20.9. The molecule has 1 atom stereocenters. The molecule has 0 bridgehead atoms. The van der Waals surface area contributed by atoms with Crippen molar-refractivity contribution < 1.29 is 19.1 Å². The monoisotopic (exact) mass is 501 g/mol. The fraction of sp³-hybridized carbons (Fsp3) is 0.393. The predicted molar refractivity (Wildman–Crippen MR) is 142 cm³/mol. The van der Waals surface area contributed by atoms with E-state index in [0.717, 1.165) is 31.4 Å². The molecule has 5 rings (SSSR count). The first kappa shape index (κ1) is 24.7. The van der Waals surface area contributed by atoms with Crippen molar-refractivity contribution in [2.45, 2.75) is 39.0 Å². The second kappa shape index (κ2) is 9.80. The number of rotatable bonds is 7. The van der Waals surface area contributed by atoms with Gasteiger partial charge in [0.1, 0.15) is 17.2 Å². The van der Waals surface area contributed by atoms with Crippen molar-refractivity contribution in [3.05, 3.63) is 48.5 Å². The molecule has 1 unspecified atom stereocenters. The molecule has 3 fully saturated rings. The lowest BCUT2D eigenvalue weighted by atomic mass is 9.76. The molecule has 2 aliphatic heterocycles. The van der Waals surface area contributed by atoms with Gasteiger partial charge in [0.25, 0.3) is 11.8 Å². The number of nitrogens with zero attached hydrogens (tertiary/aromatic N) is 3. The van der Waals surface area contributed by atoms with Crippen LogP contribution in [0.3, 0.4) is 0 Å². The molecule has 2 aromatic carbocycles. The summed E-state index contributed by atoms with van der Waals surface area (Å²) < 4.78 is 5.50. The molecule has 0 radical (unpaired) electrons. The highest BCUT2D eigenvalue weighted by Gasteiger charge is 2.60. The van der Waals surface area contributed by atoms with Gasteiger partial charge < -0.3 is 20.3 Å². The topological polar surface area (TPSA) is 129 Å².